The number of carbonyl (C=O) groups is 3. The summed E-state index contributed by atoms with van der Waals surface area (Å²) in [6, 6.07) is 4.21. The van der Waals surface area contributed by atoms with Crippen molar-refractivity contribution in [1.29, 1.82) is 0 Å². The Labute approximate surface area is 244 Å². The van der Waals surface area contributed by atoms with Gasteiger partial charge < -0.3 is 70.4 Å². The number of esters is 3. The van der Waals surface area contributed by atoms with Crippen LogP contribution >= 0.6 is 0 Å². The summed E-state index contributed by atoms with van der Waals surface area (Å²) in [5.74, 6) is -12.4. The number of aromatic hydroxyl groups is 9. The van der Waals surface area contributed by atoms with Crippen LogP contribution in [0, 0.1) is 0 Å². The standard InChI is InChI=1S/C27H24O17/c28-11-1-8(2-12(29)19(11)34)25(39)42-17-7-18(43-26(40)9-3-13(30)20(35)14(31)4-9)23(38)24(22(17)37)44-27(41)10-5-15(32)21(36)16(33)6-10/h1-6,17-18,22-24,28-38H,7H2/t17-,18-,22+,23+/m1/s1. The lowest BCUT2D eigenvalue weighted by atomic mass is 9.86. The van der Waals surface area contributed by atoms with Crippen LogP contribution in [0.4, 0.5) is 0 Å². The van der Waals surface area contributed by atoms with Gasteiger partial charge in [-0.3, -0.25) is 0 Å². The van der Waals surface area contributed by atoms with Gasteiger partial charge in [0.15, 0.2) is 57.8 Å². The molecule has 44 heavy (non-hydrogen) atoms. The van der Waals surface area contributed by atoms with Crippen molar-refractivity contribution in [2.75, 3.05) is 0 Å². The molecule has 0 amide bonds. The zero-order valence-electron chi connectivity index (χ0n) is 21.9. The zero-order chi connectivity index (χ0) is 32.6. The maximum atomic E-state index is 12.8. The fourth-order valence-corrected chi connectivity index (χ4v) is 4.28. The van der Waals surface area contributed by atoms with Crippen molar-refractivity contribution >= 4 is 17.9 Å². The van der Waals surface area contributed by atoms with Gasteiger partial charge in [0, 0.05) is 6.42 Å². The Kier molecular flexibility index (Phi) is 8.36. The summed E-state index contributed by atoms with van der Waals surface area (Å²) in [6.07, 6.45) is -10.3. The van der Waals surface area contributed by atoms with E-state index in [-0.39, 0.29) is 0 Å². The quantitative estimate of drug-likeness (QED) is 0.0991. The van der Waals surface area contributed by atoms with Gasteiger partial charge in [0.1, 0.15) is 24.4 Å². The van der Waals surface area contributed by atoms with E-state index in [0.717, 1.165) is 0 Å². The minimum Gasteiger partial charge on any atom is -0.504 e. The van der Waals surface area contributed by atoms with Crippen molar-refractivity contribution in [1.82, 2.24) is 0 Å². The van der Waals surface area contributed by atoms with Crippen molar-refractivity contribution < 1.29 is 84.8 Å². The van der Waals surface area contributed by atoms with E-state index in [4.69, 9.17) is 14.2 Å². The number of phenolic OH excluding ortho intramolecular Hbond substituents is 9. The van der Waals surface area contributed by atoms with Crippen LogP contribution in [0.1, 0.15) is 37.5 Å². The van der Waals surface area contributed by atoms with Crippen LogP contribution in [0.3, 0.4) is 0 Å². The molecule has 11 N–H and O–H groups in total. The van der Waals surface area contributed by atoms with Crippen LogP contribution in [-0.2, 0) is 14.2 Å². The highest BCUT2D eigenvalue weighted by Crippen LogP contribution is 2.39. The lowest BCUT2D eigenvalue weighted by molar-refractivity contribution is -0.179. The van der Waals surface area contributed by atoms with E-state index in [0.29, 0.717) is 36.4 Å². The second kappa shape index (κ2) is 11.8. The van der Waals surface area contributed by atoms with Crippen LogP contribution < -0.4 is 0 Å². The van der Waals surface area contributed by atoms with E-state index >= 15 is 0 Å². The zero-order valence-corrected chi connectivity index (χ0v) is 21.9. The molecule has 0 unspecified atom stereocenters. The second-order valence-electron chi connectivity index (χ2n) is 9.56. The van der Waals surface area contributed by atoms with Crippen molar-refractivity contribution in [3.63, 3.8) is 0 Å². The van der Waals surface area contributed by atoms with Crippen molar-refractivity contribution in [3.05, 3.63) is 53.1 Å². The Balaban J connectivity index is 1.64. The number of benzene rings is 3. The Hall–Kier alpha value is -5.81. The SMILES string of the molecule is O=C(OC1[C@@H](O)[C@H](OC(=O)c2cc(O)c(O)c(O)c2)C[C@@H](OC(=O)c2cc(O)c(O)c(O)c2)[C@@H]1O)c1cc(O)c(O)c(O)c1. The largest absolute Gasteiger partial charge is 0.504 e. The number of hydrogen-bond acceptors (Lipinski definition) is 17. The fraction of sp³-hybridized carbons (Fsp3) is 0.222. The number of carbonyl (C=O) groups excluding carboxylic acids is 3. The number of phenols is 9. The highest BCUT2D eigenvalue weighted by atomic mass is 16.6. The molecule has 4 rings (SSSR count). The van der Waals surface area contributed by atoms with Gasteiger partial charge in [-0.25, -0.2) is 14.4 Å². The van der Waals surface area contributed by atoms with E-state index in [9.17, 15) is 70.6 Å². The van der Waals surface area contributed by atoms with E-state index in [2.05, 4.69) is 0 Å². The summed E-state index contributed by atoms with van der Waals surface area (Å²) < 4.78 is 15.6. The molecule has 1 aliphatic carbocycles. The van der Waals surface area contributed by atoms with E-state index in [1.54, 1.807) is 0 Å². The molecule has 0 heterocycles. The molecule has 1 aliphatic rings. The number of aliphatic hydroxyl groups is 2. The highest BCUT2D eigenvalue weighted by Gasteiger charge is 2.49. The maximum absolute atomic E-state index is 12.8. The number of hydrogen-bond donors (Lipinski definition) is 11. The third-order valence-electron chi connectivity index (χ3n) is 6.58. The minimum atomic E-state index is -2.05. The van der Waals surface area contributed by atoms with Gasteiger partial charge in [-0.15, -0.1) is 0 Å². The van der Waals surface area contributed by atoms with Gasteiger partial charge in [0.25, 0.3) is 0 Å². The molecule has 4 atom stereocenters. The van der Waals surface area contributed by atoms with E-state index in [1.165, 1.54) is 0 Å². The molecule has 1 fully saturated rings. The lowest BCUT2D eigenvalue weighted by Crippen LogP contribution is -2.59. The average Bonchev–Trinajstić information content (AvgIpc) is 2.96. The van der Waals surface area contributed by atoms with Crippen molar-refractivity contribution in [2.45, 2.75) is 36.9 Å². The Morgan fingerprint density at radius 2 is 0.727 bits per heavy atom. The van der Waals surface area contributed by atoms with Gasteiger partial charge >= 0.3 is 17.9 Å². The first-order valence-electron chi connectivity index (χ1n) is 12.3. The predicted molar refractivity (Wildman–Crippen MR) is 139 cm³/mol. The Morgan fingerprint density at radius 1 is 0.477 bits per heavy atom. The summed E-state index contributed by atoms with van der Waals surface area (Å²) in [5.41, 5.74) is -1.62. The third kappa shape index (κ3) is 6.03. The van der Waals surface area contributed by atoms with E-state index < -0.39 is 123 Å². The Morgan fingerprint density at radius 3 is 1.00 bits per heavy atom. The fourth-order valence-electron chi connectivity index (χ4n) is 4.28. The van der Waals surface area contributed by atoms with Gasteiger partial charge in [-0.1, -0.05) is 0 Å². The summed E-state index contributed by atoms with van der Waals surface area (Å²) in [6.45, 7) is 0. The van der Waals surface area contributed by atoms with Crippen LogP contribution in [0.2, 0.25) is 0 Å². The molecule has 0 aromatic heterocycles. The number of ether oxygens (including phenoxy) is 3. The molecule has 0 bridgehead atoms. The first-order chi connectivity index (χ1) is 20.6. The number of aliphatic hydroxyl groups excluding tert-OH is 2. The first kappa shape index (κ1) is 31.1. The molecule has 3 aromatic carbocycles. The highest BCUT2D eigenvalue weighted by molar-refractivity contribution is 5.92. The summed E-state index contributed by atoms with van der Waals surface area (Å²) in [7, 11) is 0. The number of rotatable bonds is 6. The van der Waals surface area contributed by atoms with Crippen LogP contribution in [-0.4, -0.2) is 105 Å². The lowest BCUT2D eigenvalue weighted by Gasteiger charge is -2.41. The maximum Gasteiger partial charge on any atom is 0.338 e. The summed E-state index contributed by atoms with van der Waals surface area (Å²) in [5, 5.41) is 109. The molecular weight excluding hydrogens is 596 g/mol. The molecular formula is C27H24O17. The molecule has 1 saturated carbocycles. The molecule has 0 saturated heterocycles. The summed E-state index contributed by atoms with van der Waals surface area (Å²) >= 11 is 0. The monoisotopic (exact) mass is 620 g/mol. The molecule has 17 heteroatoms. The van der Waals surface area contributed by atoms with Crippen LogP contribution in [0.5, 0.6) is 51.7 Å². The Bertz CT molecular complexity index is 1480. The van der Waals surface area contributed by atoms with Gasteiger partial charge in [-0.2, -0.15) is 0 Å². The molecule has 0 radical (unpaired) electrons. The normalized spacial score (nSPS) is 21.3. The van der Waals surface area contributed by atoms with Crippen LogP contribution in [0.15, 0.2) is 36.4 Å². The molecule has 17 nitrogen and oxygen atoms in total. The van der Waals surface area contributed by atoms with E-state index in [1.807, 2.05) is 0 Å². The summed E-state index contributed by atoms with van der Waals surface area (Å²) in [4.78, 5) is 38.4. The smallest absolute Gasteiger partial charge is 0.338 e. The van der Waals surface area contributed by atoms with Crippen molar-refractivity contribution in [2.24, 2.45) is 0 Å². The predicted octanol–water partition coefficient (Wildman–Crippen LogP) is 0.139. The van der Waals surface area contributed by atoms with Crippen molar-refractivity contribution in [3.8, 4) is 51.7 Å². The van der Waals surface area contributed by atoms with Gasteiger partial charge in [0.2, 0.25) is 0 Å². The van der Waals surface area contributed by atoms with Gasteiger partial charge in [-0.05, 0) is 36.4 Å². The average molecular weight is 620 g/mol. The first-order valence-corrected chi connectivity index (χ1v) is 12.3. The topological polar surface area (TPSA) is 301 Å². The molecule has 0 spiro atoms. The second-order valence-corrected chi connectivity index (χ2v) is 9.56. The molecule has 234 valence electrons. The third-order valence-corrected chi connectivity index (χ3v) is 6.58. The van der Waals surface area contributed by atoms with Crippen LogP contribution in [0.25, 0.3) is 0 Å². The molecule has 3 aromatic rings. The minimum absolute atomic E-state index is 0.525. The molecule has 0 aliphatic heterocycles. The van der Waals surface area contributed by atoms with Gasteiger partial charge in [0.05, 0.1) is 16.7 Å².